The van der Waals surface area contributed by atoms with Crippen LogP contribution in [0.15, 0.2) is 4.99 Å². The molecule has 0 saturated carbocycles. The van der Waals surface area contributed by atoms with Gasteiger partial charge in [0.25, 0.3) is 6.41 Å². The summed E-state index contributed by atoms with van der Waals surface area (Å²) in [6.45, 7) is 1.02. The van der Waals surface area contributed by atoms with Crippen molar-refractivity contribution in [3.8, 4) is 0 Å². The first kappa shape index (κ1) is 5.44. The molecule has 0 radical (unpaired) electrons. The zero-order valence-corrected chi connectivity index (χ0v) is 4.16. The van der Waals surface area contributed by atoms with E-state index in [9.17, 15) is 4.79 Å². The molecule has 1 saturated heterocycles. The Balaban J connectivity index is 2.35. The van der Waals surface area contributed by atoms with Crippen molar-refractivity contribution in [3.63, 3.8) is 0 Å². The van der Waals surface area contributed by atoms with Gasteiger partial charge in [-0.2, -0.15) is 0 Å². The summed E-state index contributed by atoms with van der Waals surface area (Å²) in [5.74, 6) is 0. The molecule has 44 valence electrons. The molecular formula is C4H5NO3. The van der Waals surface area contributed by atoms with Crippen molar-refractivity contribution < 1.29 is 14.3 Å². The van der Waals surface area contributed by atoms with Crippen LogP contribution in [-0.4, -0.2) is 25.7 Å². The molecule has 1 heterocycles. The summed E-state index contributed by atoms with van der Waals surface area (Å²) in [5.41, 5.74) is 0. The molecule has 1 fully saturated rings. The van der Waals surface area contributed by atoms with Crippen molar-refractivity contribution in [3.05, 3.63) is 0 Å². The fraction of sp³-hybridized carbons (Fsp3) is 0.750. The van der Waals surface area contributed by atoms with Gasteiger partial charge in [0.15, 0.2) is 0 Å². The number of aliphatic imine (C=N–C) groups is 1. The highest BCUT2D eigenvalue weighted by Gasteiger charge is 2.12. The number of hydrogen-bond donors (Lipinski definition) is 0. The minimum atomic E-state index is -0.688. The second-order valence-corrected chi connectivity index (χ2v) is 1.27. The minimum absolute atomic E-state index is 0.510. The van der Waals surface area contributed by atoms with E-state index in [1.54, 1.807) is 0 Å². The predicted octanol–water partition coefficient (Wildman–Crippen LogP) is -0.347. The van der Waals surface area contributed by atoms with Crippen molar-refractivity contribution in [1.82, 2.24) is 0 Å². The molecular weight excluding hydrogens is 110 g/mol. The van der Waals surface area contributed by atoms with E-state index in [1.165, 1.54) is 6.08 Å². The lowest BCUT2D eigenvalue weighted by Crippen LogP contribution is -2.01. The van der Waals surface area contributed by atoms with Crippen LogP contribution >= 0.6 is 0 Å². The standard InChI is InChI=1S/C4H5NO3/c6-3-5-4-7-1-2-8-4/h4H,1-2H2. The lowest BCUT2D eigenvalue weighted by Gasteiger charge is -1.94. The maximum absolute atomic E-state index is 9.51. The zero-order valence-electron chi connectivity index (χ0n) is 4.16. The lowest BCUT2D eigenvalue weighted by atomic mass is 10.8. The smallest absolute Gasteiger partial charge is 0.269 e. The van der Waals surface area contributed by atoms with Gasteiger partial charge < -0.3 is 9.47 Å². The first-order valence-electron chi connectivity index (χ1n) is 2.23. The number of isocyanates is 1. The fourth-order valence-corrected chi connectivity index (χ4v) is 0.464. The van der Waals surface area contributed by atoms with E-state index in [0.717, 1.165) is 0 Å². The van der Waals surface area contributed by atoms with E-state index < -0.39 is 6.41 Å². The molecule has 0 atom stereocenters. The molecule has 0 bridgehead atoms. The Kier molecular flexibility index (Phi) is 1.75. The van der Waals surface area contributed by atoms with E-state index >= 15 is 0 Å². The molecule has 1 rings (SSSR count). The quantitative estimate of drug-likeness (QED) is 0.346. The third-order valence-electron chi connectivity index (χ3n) is 0.762. The SMILES string of the molecule is O=C=NC1OCCO1. The Morgan fingerprint density at radius 1 is 1.50 bits per heavy atom. The Hall–Kier alpha value is -0.700. The molecule has 0 unspecified atom stereocenters. The number of hydrogen-bond acceptors (Lipinski definition) is 4. The van der Waals surface area contributed by atoms with E-state index in [-0.39, 0.29) is 0 Å². The Bertz CT molecular complexity index is 112. The van der Waals surface area contributed by atoms with Crippen molar-refractivity contribution in [2.45, 2.75) is 6.41 Å². The van der Waals surface area contributed by atoms with Crippen LogP contribution in [0.25, 0.3) is 0 Å². The highest BCUT2D eigenvalue weighted by molar-refractivity contribution is 5.32. The van der Waals surface area contributed by atoms with Crippen LogP contribution in [0.5, 0.6) is 0 Å². The summed E-state index contributed by atoms with van der Waals surface area (Å²) in [6, 6.07) is 0. The first-order chi connectivity index (χ1) is 3.93. The van der Waals surface area contributed by atoms with Crippen molar-refractivity contribution in [2.24, 2.45) is 4.99 Å². The van der Waals surface area contributed by atoms with Crippen molar-refractivity contribution in [2.75, 3.05) is 13.2 Å². The number of nitrogens with zero attached hydrogens (tertiary/aromatic N) is 1. The molecule has 4 heteroatoms. The number of carbonyl (C=O) groups excluding carboxylic acids is 1. The summed E-state index contributed by atoms with van der Waals surface area (Å²) in [7, 11) is 0. The maximum Gasteiger partial charge on any atom is 0.269 e. The third kappa shape index (κ3) is 1.13. The van der Waals surface area contributed by atoms with Crippen LogP contribution in [0.4, 0.5) is 0 Å². The summed E-state index contributed by atoms with van der Waals surface area (Å²) < 4.78 is 9.48. The Labute approximate surface area is 46.1 Å². The summed E-state index contributed by atoms with van der Waals surface area (Å²) in [5, 5.41) is 0. The fourth-order valence-electron chi connectivity index (χ4n) is 0.464. The molecule has 0 aromatic heterocycles. The predicted molar refractivity (Wildman–Crippen MR) is 23.8 cm³/mol. The van der Waals surface area contributed by atoms with Crippen molar-refractivity contribution in [1.29, 1.82) is 0 Å². The Morgan fingerprint density at radius 3 is 2.62 bits per heavy atom. The van der Waals surface area contributed by atoms with E-state index in [1.807, 2.05) is 0 Å². The number of rotatable bonds is 1. The molecule has 0 aromatic carbocycles. The Morgan fingerprint density at radius 2 is 2.12 bits per heavy atom. The van der Waals surface area contributed by atoms with Gasteiger partial charge in [-0.1, -0.05) is 0 Å². The van der Waals surface area contributed by atoms with Gasteiger partial charge in [0.1, 0.15) is 0 Å². The highest BCUT2D eigenvalue weighted by Crippen LogP contribution is 2.02. The van der Waals surface area contributed by atoms with Crippen LogP contribution in [0.1, 0.15) is 0 Å². The average Bonchev–Trinajstić information content (AvgIpc) is 2.19. The molecule has 0 aliphatic carbocycles. The highest BCUT2D eigenvalue weighted by atomic mass is 16.7. The van der Waals surface area contributed by atoms with Gasteiger partial charge >= 0.3 is 0 Å². The monoisotopic (exact) mass is 115 g/mol. The van der Waals surface area contributed by atoms with Crippen LogP contribution in [0, 0.1) is 0 Å². The molecule has 1 aliphatic rings. The molecule has 1 aliphatic heterocycles. The van der Waals surface area contributed by atoms with Crippen LogP contribution < -0.4 is 0 Å². The summed E-state index contributed by atoms with van der Waals surface area (Å²) >= 11 is 0. The van der Waals surface area contributed by atoms with Gasteiger partial charge in [0.05, 0.1) is 13.2 Å². The molecule has 0 amide bonds. The second-order valence-electron chi connectivity index (χ2n) is 1.27. The van der Waals surface area contributed by atoms with Gasteiger partial charge in [-0.25, -0.2) is 4.79 Å². The normalized spacial score (nSPS) is 20.5. The number of ether oxygens (including phenoxy) is 2. The molecule has 4 nitrogen and oxygen atoms in total. The van der Waals surface area contributed by atoms with Gasteiger partial charge in [-0.15, -0.1) is 4.99 Å². The summed E-state index contributed by atoms with van der Waals surface area (Å²) in [6.07, 6.45) is 0.647. The van der Waals surface area contributed by atoms with Gasteiger partial charge in [0, 0.05) is 0 Å². The topological polar surface area (TPSA) is 47.9 Å². The van der Waals surface area contributed by atoms with Crippen molar-refractivity contribution >= 4 is 6.08 Å². The summed E-state index contributed by atoms with van der Waals surface area (Å²) in [4.78, 5) is 12.7. The maximum atomic E-state index is 9.51. The third-order valence-corrected chi connectivity index (χ3v) is 0.762. The van der Waals surface area contributed by atoms with E-state index in [4.69, 9.17) is 9.47 Å². The van der Waals surface area contributed by atoms with E-state index in [2.05, 4.69) is 4.99 Å². The molecule has 0 aromatic rings. The van der Waals surface area contributed by atoms with Gasteiger partial charge in [-0.05, 0) is 0 Å². The van der Waals surface area contributed by atoms with Gasteiger partial charge in [0.2, 0.25) is 6.08 Å². The zero-order chi connectivity index (χ0) is 5.82. The van der Waals surface area contributed by atoms with Gasteiger partial charge in [-0.3, -0.25) is 0 Å². The van der Waals surface area contributed by atoms with Crippen LogP contribution in [0.2, 0.25) is 0 Å². The first-order valence-corrected chi connectivity index (χ1v) is 2.23. The largest absolute Gasteiger partial charge is 0.331 e. The molecule has 0 N–H and O–H groups in total. The second kappa shape index (κ2) is 2.57. The average molecular weight is 115 g/mol. The van der Waals surface area contributed by atoms with E-state index in [0.29, 0.717) is 13.2 Å². The molecule has 0 spiro atoms. The van der Waals surface area contributed by atoms with Crippen LogP contribution in [-0.2, 0) is 14.3 Å². The minimum Gasteiger partial charge on any atom is -0.331 e. The lowest BCUT2D eigenvalue weighted by molar-refractivity contribution is -0.0331. The molecule has 8 heavy (non-hydrogen) atoms. The van der Waals surface area contributed by atoms with Crippen LogP contribution in [0.3, 0.4) is 0 Å².